The van der Waals surface area contributed by atoms with Gasteiger partial charge in [-0.25, -0.2) is 9.18 Å². The number of hydrogen-bond donors (Lipinski definition) is 0. The van der Waals surface area contributed by atoms with Crippen molar-refractivity contribution >= 4 is 12.0 Å². The second kappa shape index (κ2) is 6.54. The molecule has 0 fully saturated rings. The zero-order valence-electron chi connectivity index (χ0n) is 10.8. The highest BCUT2D eigenvalue weighted by Gasteiger charge is 2.62. The van der Waals surface area contributed by atoms with E-state index >= 15 is 0 Å². The van der Waals surface area contributed by atoms with Gasteiger partial charge in [-0.05, 0) is 12.5 Å². The first kappa shape index (κ1) is 16.2. The first-order valence-corrected chi connectivity index (χ1v) is 5.95. The standard InChI is InChI=1S/C14H14F4O2/c1-2-20-12(19)13(15,14(16,17)18)10-6-9-11-7-4-3-5-8-11/h3-9H,2,10H2,1H3/b9-6+. The van der Waals surface area contributed by atoms with Gasteiger partial charge in [0, 0.05) is 6.42 Å². The summed E-state index contributed by atoms with van der Waals surface area (Å²) in [5.41, 5.74) is -3.41. The van der Waals surface area contributed by atoms with Crippen LogP contribution < -0.4 is 0 Å². The van der Waals surface area contributed by atoms with Gasteiger partial charge in [-0.3, -0.25) is 0 Å². The van der Waals surface area contributed by atoms with Gasteiger partial charge in [0.2, 0.25) is 0 Å². The zero-order valence-corrected chi connectivity index (χ0v) is 10.8. The number of esters is 1. The largest absolute Gasteiger partial charge is 0.463 e. The van der Waals surface area contributed by atoms with Gasteiger partial charge in [0.05, 0.1) is 6.61 Å². The van der Waals surface area contributed by atoms with Crippen LogP contribution >= 0.6 is 0 Å². The highest BCUT2D eigenvalue weighted by Crippen LogP contribution is 2.38. The van der Waals surface area contributed by atoms with Crippen LogP contribution in [0.3, 0.4) is 0 Å². The molecule has 1 aromatic rings. The minimum absolute atomic E-state index is 0.316. The summed E-state index contributed by atoms with van der Waals surface area (Å²) in [5, 5.41) is 0. The molecule has 1 atom stereocenters. The molecule has 0 N–H and O–H groups in total. The van der Waals surface area contributed by atoms with Crippen LogP contribution in [0.2, 0.25) is 0 Å². The van der Waals surface area contributed by atoms with Crippen molar-refractivity contribution in [1.82, 2.24) is 0 Å². The third-order valence-electron chi connectivity index (χ3n) is 2.56. The molecular formula is C14H14F4O2. The molecule has 0 aliphatic rings. The number of hydrogen-bond acceptors (Lipinski definition) is 2. The average molecular weight is 290 g/mol. The summed E-state index contributed by atoms with van der Waals surface area (Å²) in [6.07, 6.45) is -4.15. The molecule has 2 nitrogen and oxygen atoms in total. The zero-order chi connectivity index (χ0) is 15.2. The molecule has 1 rings (SSSR count). The van der Waals surface area contributed by atoms with Crippen LogP contribution in [0, 0.1) is 0 Å². The normalized spacial score (nSPS) is 15.1. The molecule has 0 spiro atoms. The van der Waals surface area contributed by atoms with Gasteiger partial charge in [-0.15, -0.1) is 0 Å². The van der Waals surface area contributed by atoms with Crippen molar-refractivity contribution in [2.24, 2.45) is 0 Å². The topological polar surface area (TPSA) is 26.3 Å². The van der Waals surface area contributed by atoms with Gasteiger partial charge in [-0.2, -0.15) is 13.2 Å². The van der Waals surface area contributed by atoms with Crippen LogP contribution in [0.1, 0.15) is 18.9 Å². The third-order valence-corrected chi connectivity index (χ3v) is 2.56. The van der Waals surface area contributed by atoms with Gasteiger partial charge in [-0.1, -0.05) is 42.5 Å². The van der Waals surface area contributed by atoms with E-state index in [1.165, 1.54) is 13.0 Å². The molecule has 0 saturated carbocycles. The lowest BCUT2D eigenvalue weighted by molar-refractivity contribution is -0.237. The predicted molar refractivity (Wildman–Crippen MR) is 66.6 cm³/mol. The van der Waals surface area contributed by atoms with E-state index in [1.807, 2.05) is 0 Å². The summed E-state index contributed by atoms with van der Waals surface area (Å²) >= 11 is 0. The Morgan fingerprint density at radius 2 is 1.80 bits per heavy atom. The van der Waals surface area contributed by atoms with Gasteiger partial charge in [0.1, 0.15) is 0 Å². The molecule has 1 aromatic carbocycles. The van der Waals surface area contributed by atoms with Crippen molar-refractivity contribution in [2.45, 2.75) is 25.2 Å². The first-order chi connectivity index (χ1) is 9.31. The maximum atomic E-state index is 13.9. The molecule has 0 heterocycles. The van der Waals surface area contributed by atoms with Crippen LogP contribution in [0.5, 0.6) is 0 Å². The maximum absolute atomic E-state index is 13.9. The highest BCUT2D eigenvalue weighted by molar-refractivity contribution is 5.81. The van der Waals surface area contributed by atoms with E-state index in [2.05, 4.69) is 4.74 Å². The summed E-state index contributed by atoms with van der Waals surface area (Å²) in [6, 6.07) is 8.42. The minimum atomic E-state index is -5.32. The number of alkyl halides is 4. The van der Waals surface area contributed by atoms with Crippen LogP contribution in [-0.4, -0.2) is 24.4 Å². The van der Waals surface area contributed by atoms with Gasteiger partial charge in [0.25, 0.3) is 0 Å². The fraction of sp³-hybridized carbons (Fsp3) is 0.357. The second-order valence-electron chi connectivity index (χ2n) is 4.04. The van der Waals surface area contributed by atoms with Crippen molar-refractivity contribution < 1.29 is 27.1 Å². The average Bonchev–Trinajstić information content (AvgIpc) is 2.38. The Morgan fingerprint density at radius 1 is 1.20 bits per heavy atom. The molecule has 0 aromatic heterocycles. The quantitative estimate of drug-likeness (QED) is 0.607. The Kier molecular flexibility index (Phi) is 5.30. The van der Waals surface area contributed by atoms with Crippen molar-refractivity contribution in [3.8, 4) is 0 Å². The van der Waals surface area contributed by atoms with Gasteiger partial charge in [0.15, 0.2) is 0 Å². The molecule has 20 heavy (non-hydrogen) atoms. The number of carbonyl (C=O) groups excluding carboxylic acids is 1. The van der Waals surface area contributed by atoms with E-state index in [4.69, 9.17) is 0 Å². The molecule has 0 amide bonds. The van der Waals surface area contributed by atoms with Crippen LogP contribution in [0.15, 0.2) is 36.4 Å². The van der Waals surface area contributed by atoms with Crippen LogP contribution in [-0.2, 0) is 9.53 Å². The summed E-state index contributed by atoms with van der Waals surface area (Å²) in [4.78, 5) is 11.2. The van der Waals surface area contributed by atoms with E-state index < -0.39 is 24.2 Å². The van der Waals surface area contributed by atoms with Gasteiger partial charge < -0.3 is 4.74 Å². The number of rotatable bonds is 5. The smallest absolute Gasteiger partial charge is 0.433 e. The Labute approximate surface area is 114 Å². The lowest BCUT2D eigenvalue weighted by Gasteiger charge is -2.24. The number of ether oxygens (including phenoxy) is 1. The number of halogens is 4. The van der Waals surface area contributed by atoms with E-state index in [-0.39, 0.29) is 6.61 Å². The summed E-state index contributed by atoms with van der Waals surface area (Å²) in [7, 11) is 0. The number of benzene rings is 1. The Balaban J connectivity index is 2.86. The van der Waals surface area contributed by atoms with Gasteiger partial charge >= 0.3 is 17.8 Å². The van der Waals surface area contributed by atoms with Crippen LogP contribution in [0.4, 0.5) is 17.6 Å². The SMILES string of the molecule is CCOC(=O)C(F)(C/C=C/c1ccccc1)C(F)(F)F. The lowest BCUT2D eigenvalue weighted by atomic mass is 10.0. The third kappa shape index (κ3) is 3.82. The van der Waals surface area contributed by atoms with Crippen molar-refractivity contribution in [3.05, 3.63) is 42.0 Å². The predicted octanol–water partition coefficient (Wildman–Crippen LogP) is 3.92. The van der Waals surface area contributed by atoms with E-state index in [1.54, 1.807) is 30.3 Å². The Bertz CT molecular complexity index is 468. The summed E-state index contributed by atoms with van der Waals surface area (Å²) in [6.45, 7) is 0.998. The van der Waals surface area contributed by atoms with E-state index in [0.717, 1.165) is 6.08 Å². The molecule has 6 heteroatoms. The number of carbonyl (C=O) groups is 1. The molecule has 1 unspecified atom stereocenters. The lowest BCUT2D eigenvalue weighted by Crippen LogP contribution is -2.48. The first-order valence-electron chi connectivity index (χ1n) is 5.95. The monoisotopic (exact) mass is 290 g/mol. The molecule has 0 radical (unpaired) electrons. The second-order valence-corrected chi connectivity index (χ2v) is 4.04. The van der Waals surface area contributed by atoms with Crippen LogP contribution in [0.25, 0.3) is 6.08 Å². The van der Waals surface area contributed by atoms with Crippen molar-refractivity contribution in [3.63, 3.8) is 0 Å². The fourth-order valence-electron chi connectivity index (χ4n) is 1.48. The van der Waals surface area contributed by atoms with E-state index in [0.29, 0.717) is 5.56 Å². The molecule has 0 aliphatic carbocycles. The maximum Gasteiger partial charge on any atom is 0.433 e. The number of allylic oxidation sites excluding steroid dienone is 1. The van der Waals surface area contributed by atoms with E-state index in [9.17, 15) is 22.4 Å². The van der Waals surface area contributed by atoms with Crippen molar-refractivity contribution in [1.29, 1.82) is 0 Å². The minimum Gasteiger partial charge on any atom is -0.463 e. The molecular weight excluding hydrogens is 276 g/mol. The van der Waals surface area contributed by atoms with Crippen molar-refractivity contribution in [2.75, 3.05) is 6.61 Å². The highest BCUT2D eigenvalue weighted by atomic mass is 19.4. The Hall–Kier alpha value is -1.85. The Morgan fingerprint density at radius 3 is 2.30 bits per heavy atom. The summed E-state index contributed by atoms with van der Waals surface area (Å²) in [5.74, 6) is -1.91. The molecule has 110 valence electrons. The molecule has 0 saturated heterocycles. The fourth-order valence-corrected chi connectivity index (χ4v) is 1.48. The summed E-state index contributed by atoms with van der Waals surface area (Å²) < 4.78 is 56.2. The molecule has 0 bridgehead atoms. The molecule has 0 aliphatic heterocycles.